The maximum Gasteiger partial charge on any atom is 0.352 e. The van der Waals surface area contributed by atoms with E-state index in [0.29, 0.717) is 16.5 Å². The van der Waals surface area contributed by atoms with Gasteiger partial charge in [0.1, 0.15) is 29.9 Å². The number of oxime groups is 1. The van der Waals surface area contributed by atoms with Crippen LogP contribution < -0.4 is 16.9 Å². The molecule has 0 bridgehead atoms. The topological polar surface area (TPSA) is 217 Å². The van der Waals surface area contributed by atoms with Gasteiger partial charge in [-0.2, -0.15) is 0 Å². The van der Waals surface area contributed by atoms with Crippen molar-refractivity contribution in [2.75, 3.05) is 30.2 Å². The fraction of sp³-hybridized carbons (Fsp3) is 0.333. The second-order valence-corrected chi connectivity index (χ2v) is 9.44. The lowest BCUT2D eigenvalue weighted by Crippen LogP contribution is -2.71. The standard InChI is InChI=1S/C15H16N10O5S3/c1-30-21-7(6-4-32-14(16)18-6)10(26)19-8-11(27)24-9(13(28)29)5(2-31-12(8)24)3-33-15-20-22-23-25(15)17/h4,8,12H,2-3,17H2,1H3,(H2,16,18)(H,19,26)(H,28,29)/t8-,12+/m1/s1. The third-order valence-electron chi connectivity index (χ3n) is 4.54. The van der Waals surface area contributed by atoms with Crippen LogP contribution in [0.5, 0.6) is 0 Å². The number of β-lactam (4-membered cyclic amide) rings is 1. The number of hydrogen-bond donors (Lipinski definition) is 4. The molecular formula is C15H16N10O5S3. The number of aliphatic carboxylic acids is 1. The molecule has 2 aliphatic heterocycles. The van der Waals surface area contributed by atoms with E-state index < -0.39 is 29.2 Å². The normalized spacial score (nSPS) is 20.3. The number of nitrogens with zero attached hydrogens (tertiary/aromatic N) is 7. The van der Waals surface area contributed by atoms with Gasteiger partial charge in [-0.3, -0.25) is 14.5 Å². The van der Waals surface area contributed by atoms with Gasteiger partial charge in [-0.25, -0.2) is 9.78 Å². The number of carbonyl (C=O) groups excluding carboxylic acids is 2. The number of carboxylic acids is 1. The summed E-state index contributed by atoms with van der Waals surface area (Å²) in [6.45, 7) is 0. The van der Waals surface area contributed by atoms with Crippen LogP contribution in [0, 0.1) is 0 Å². The molecule has 2 aliphatic rings. The van der Waals surface area contributed by atoms with Crippen molar-refractivity contribution in [3.8, 4) is 0 Å². The van der Waals surface area contributed by atoms with Gasteiger partial charge in [0.25, 0.3) is 11.8 Å². The van der Waals surface area contributed by atoms with Crippen LogP contribution in [0.15, 0.2) is 27.0 Å². The molecule has 2 aromatic heterocycles. The molecule has 2 aromatic rings. The van der Waals surface area contributed by atoms with E-state index in [9.17, 15) is 19.5 Å². The lowest BCUT2D eigenvalue weighted by Gasteiger charge is -2.49. The molecule has 33 heavy (non-hydrogen) atoms. The van der Waals surface area contributed by atoms with E-state index in [1.165, 1.54) is 24.3 Å². The average Bonchev–Trinajstić information content (AvgIpc) is 3.40. The monoisotopic (exact) mass is 512 g/mol. The highest BCUT2D eigenvalue weighted by Gasteiger charge is 2.54. The van der Waals surface area contributed by atoms with E-state index in [2.05, 4.69) is 31.0 Å². The summed E-state index contributed by atoms with van der Waals surface area (Å²) in [5.74, 6) is 3.61. The van der Waals surface area contributed by atoms with Gasteiger partial charge in [-0.05, 0) is 16.0 Å². The summed E-state index contributed by atoms with van der Waals surface area (Å²) in [5, 5.41) is 28.2. The summed E-state index contributed by atoms with van der Waals surface area (Å²) in [5.41, 5.74) is 6.04. The summed E-state index contributed by atoms with van der Waals surface area (Å²) < 4.78 is 0. The quantitative estimate of drug-likeness (QED) is 0.102. The van der Waals surface area contributed by atoms with Crippen molar-refractivity contribution in [1.82, 2.24) is 35.5 Å². The maximum absolute atomic E-state index is 12.8. The number of carbonyl (C=O) groups is 3. The van der Waals surface area contributed by atoms with Crippen LogP contribution in [0.25, 0.3) is 0 Å². The van der Waals surface area contributed by atoms with E-state index >= 15 is 0 Å². The summed E-state index contributed by atoms with van der Waals surface area (Å²) in [4.78, 5) is 48.4. The molecule has 1 saturated heterocycles. The van der Waals surface area contributed by atoms with Crippen molar-refractivity contribution in [3.05, 3.63) is 22.3 Å². The fourth-order valence-corrected chi connectivity index (χ4v) is 5.96. The highest BCUT2D eigenvalue weighted by molar-refractivity contribution is 8.01. The predicted octanol–water partition coefficient (Wildman–Crippen LogP) is -1.69. The predicted molar refractivity (Wildman–Crippen MR) is 118 cm³/mol. The Labute approximate surface area is 197 Å². The molecule has 6 N–H and O–H groups in total. The first kappa shape index (κ1) is 22.8. The number of nitrogen functional groups attached to an aromatic ring is 2. The number of thioether (sulfide) groups is 2. The molecule has 0 unspecified atom stereocenters. The molecule has 0 radical (unpaired) electrons. The Kier molecular flexibility index (Phi) is 6.38. The summed E-state index contributed by atoms with van der Waals surface area (Å²) in [7, 11) is 1.27. The number of thiazole rings is 1. The molecule has 1 fully saturated rings. The Morgan fingerprint density at radius 1 is 1.48 bits per heavy atom. The second-order valence-electron chi connectivity index (χ2n) is 6.51. The zero-order valence-electron chi connectivity index (χ0n) is 16.7. The molecule has 0 spiro atoms. The minimum absolute atomic E-state index is 0.129. The van der Waals surface area contributed by atoms with Crippen molar-refractivity contribution < 1.29 is 24.3 Å². The first-order valence-corrected chi connectivity index (χ1v) is 11.9. The lowest BCUT2D eigenvalue weighted by molar-refractivity contribution is -0.150. The number of nitrogens with two attached hydrogens (primary N) is 2. The fourth-order valence-electron chi connectivity index (χ4n) is 3.13. The van der Waals surface area contributed by atoms with Crippen molar-refractivity contribution in [1.29, 1.82) is 0 Å². The van der Waals surface area contributed by atoms with E-state index in [0.717, 1.165) is 32.8 Å². The van der Waals surface area contributed by atoms with Gasteiger partial charge in [-0.15, -0.1) is 27.9 Å². The Bertz CT molecular complexity index is 1180. The molecule has 4 rings (SSSR count). The minimum atomic E-state index is -1.25. The zero-order valence-corrected chi connectivity index (χ0v) is 19.2. The molecular weight excluding hydrogens is 496 g/mol. The Morgan fingerprint density at radius 3 is 2.88 bits per heavy atom. The largest absolute Gasteiger partial charge is 0.477 e. The van der Waals surface area contributed by atoms with Gasteiger partial charge in [0, 0.05) is 16.9 Å². The first-order chi connectivity index (χ1) is 15.8. The molecule has 2 amide bonds. The van der Waals surface area contributed by atoms with Gasteiger partial charge in [0.15, 0.2) is 10.8 Å². The highest BCUT2D eigenvalue weighted by atomic mass is 32.2. The van der Waals surface area contributed by atoms with Crippen LogP contribution in [-0.4, -0.2) is 88.8 Å². The molecule has 2 atom stereocenters. The lowest BCUT2D eigenvalue weighted by atomic mass is 10.0. The number of hydrogen-bond acceptors (Lipinski definition) is 14. The van der Waals surface area contributed by atoms with Crippen LogP contribution in [0.4, 0.5) is 5.13 Å². The maximum atomic E-state index is 12.8. The summed E-state index contributed by atoms with van der Waals surface area (Å²) >= 11 is 3.59. The number of fused-ring (bicyclic) bond motifs is 1. The number of carboxylic acid groups (broad SMARTS) is 1. The zero-order chi connectivity index (χ0) is 23.7. The van der Waals surface area contributed by atoms with Gasteiger partial charge in [0.2, 0.25) is 5.16 Å². The smallest absolute Gasteiger partial charge is 0.352 e. The van der Waals surface area contributed by atoms with E-state index in [-0.39, 0.29) is 28.0 Å². The molecule has 0 aromatic carbocycles. The van der Waals surface area contributed by atoms with Crippen molar-refractivity contribution in [3.63, 3.8) is 0 Å². The average molecular weight is 513 g/mol. The van der Waals surface area contributed by atoms with Gasteiger partial charge in [0.05, 0.1) is 0 Å². The highest BCUT2D eigenvalue weighted by Crippen LogP contribution is 2.41. The van der Waals surface area contributed by atoms with Crippen molar-refractivity contribution >= 4 is 63.5 Å². The number of aromatic nitrogens is 5. The molecule has 4 heterocycles. The number of anilines is 1. The van der Waals surface area contributed by atoms with Gasteiger partial charge < -0.3 is 26.8 Å². The van der Waals surface area contributed by atoms with Crippen molar-refractivity contribution in [2.24, 2.45) is 5.16 Å². The number of amides is 2. The van der Waals surface area contributed by atoms with E-state index in [1.807, 2.05) is 0 Å². The van der Waals surface area contributed by atoms with Crippen LogP contribution >= 0.6 is 34.9 Å². The SMILES string of the molecule is CON=C(C(=O)N[C@@H]1C(=O)N2C(C(=O)O)=C(CSc3nnnn3N)CS[C@@H]12)c1csc(N)n1. The van der Waals surface area contributed by atoms with Gasteiger partial charge in [-0.1, -0.05) is 22.0 Å². The third-order valence-corrected chi connectivity index (χ3v) is 7.57. The van der Waals surface area contributed by atoms with Crippen molar-refractivity contribution in [2.45, 2.75) is 16.6 Å². The molecule has 18 heteroatoms. The second kappa shape index (κ2) is 9.24. The first-order valence-electron chi connectivity index (χ1n) is 9.01. The summed E-state index contributed by atoms with van der Waals surface area (Å²) in [6, 6.07) is -0.944. The molecule has 0 aliphatic carbocycles. The number of nitrogens with one attached hydrogen (secondary N) is 1. The third kappa shape index (κ3) is 4.31. The molecule has 15 nitrogen and oxygen atoms in total. The van der Waals surface area contributed by atoms with E-state index in [4.69, 9.17) is 16.4 Å². The van der Waals surface area contributed by atoms with E-state index in [1.54, 1.807) is 0 Å². The summed E-state index contributed by atoms with van der Waals surface area (Å²) in [6.07, 6.45) is 0. The minimum Gasteiger partial charge on any atom is -0.477 e. The Morgan fingerprint density at radius 2 is 2.27 bits per heavy atom. The van der Waals surface area contributed by atoms with Gasteiger partial charge >= 0.3 is 5.97 Å². The van der Waals surface area contributed by atoms with Crippen LogP contribution in [0.2, 0.25) is 0 Å². The Balaban J connectivity index is 1.49. The Hall–Kier alpha value is -3.38. The van der Waals surface area contributed by atoms with Crippen LogP contribution in [-0.2, 0) is 19.2 Å². The molecule has 174 valence electrons. The number of tetrazole rings is 1. The van der Waals surface area contributed by atoms with Crippen LogP contribution in [0.3, 0.4) is 0 Å². The molecule has 0 saturated carbocycles. The van der Waals surface area contributed by atoms with Crippen LogP contribution in [0.1, 0.15) is 5.69 Å². The number of rotatable bonds is 8.